The van der Waals surface area contributed by atoms with Crippen LogP contribution in [0.1, 0.15) is 42.9 Å². The summed E-state index contributed by atoms with van der Waals surface area (Å²) in [6.45, 7) is 4.42. The Morgan fingerprint density at radius 3 is 2.75 bits per heavy atom. The number of nitrogens with zero attached hydrogens (tertiary/aromatic N) is 5. The zero-order valence-corrected chi connectivity index (χ0v) is 19.4. The van der Waals surface area contributed by atoms with E-state index in [-0.39, 0.29) is 0 Å². The first-order valence-corrected chi connectivity index (χ1v) is 11.2. The number of fused-ring (bicyclic) bond motifs is 2. The summed E-state index contributed by atoms with van der Waals surface area (Å²) in [5.74, 6) is 0.980. The third-order valence-corrected chi connectivity index (χ3v) is 6.64. The Hall–Kier alpha value is -3.19. The number of aryl methyl sites for hydroxylation is 1. The van der Waals surface area contributed by atoms with Gasteiger partial charge >= 0.3 is 0 Å². The smallest absolute Gasteiger partial charge is 0.197 e. The molecule has 4 aromatic rings. The second kappa shape index (κ2) is 8.06. The number of methoxy groups -OCH3 is 1. The molecule has 0 radical (unpaired) electrons. The lowest BCUT2D eigenvalue weighted by molar-refractivity contribution is 0.268. The van der Waals surface area contributed by atoms with Crippen LogP contribution in [0.5, 0.6) is 5.75 Å². The predicted molar refractivity (Wildman–Crippen MR) is 126 cm³/mol. The molecule has 0 fully saturated rings. The van der Waals surface area contributed by atoms with Crippen molar-refractivity contribution in [2.24, 2.45) is 0 Å². The van der Waals surface area contributed by atoms with Crippen LogP contribution in [-0.4, -0.2) is 56.9 Å². The van der Waals surface area contributed by atoms with Crippen molar-refractivity contribution in [3.05, 3.63) is 53.5 Å². The molecule has 0 bridgehead atoms. The molecule has 0 saturated heterocycles. The second-order valence-electron chi connectivity index (χ2n) is 9.18. The summed E-state index contributed by atoms with van der Waals surface area (Å²) < 4.78 is 7.31. The van der Waals surface area contributed by atoms with Gasteiger partial charge in [-0.2, -0.15) is 10.2 Å². The van der Waals surface area contributed by atoms with Gasteiger partial charge in [0.15, 0.2) is 11.4 Å². The minimum atomic E-state index is 0.297. The number of aromatic nitrogens is 5. The van der Waals surface area contributed by atoms with E-state index in [9.17, 15) is 0 Å². The van der Waals surface area contributed by atoms with Gasteiger partial charge in [-0.05, 0) is 62.5 Å². The molecule has 1 N–H and O–H groups in total. The van der Waals surface area contributed by atoms with Crippen LogP contribution in [-0.2, 0) is 12.8 Å². The Balaban J connectivity index is 1.58. The Labute approximate surface area is 188 Å². The third kappa shape index (κ3) is 3.46. The van der Waals surface area contributed by atoms with E-state index in [2.05, 4.69) is 66.2 Å². The Bertz CT molecular complexity index is 1270. The van der Waals surface area contributed by atoms with Crippen molar-refractivity contribution in [1.82, 2.24) is 29.7 Å². The number of pyridine rings is 1. The summed E-state index contributed by atoms with van der Waals surface area (Å²) in [6, 6.07) is 9.51. The molecule has 5 rings (SSSR count). The molecule has 7 heteroatoms. The lowest BCUT2D eigenvalue weighted by Gasteiger charge is -2.30. The van der Waals surface area contributed by atoms with Crippen molar-refractivity contribution < 1.29 is 4.74 Å². The number of H-pyrrole nitrogens is 1. The van der Waals surface area contributed by atoms with Gasteiger partial charge in [-0.1, -0.05) is 26.0 Å². The highest BCUT2D eigenvalue weighted by Crippen LogP contribution is 2.38. The van der Waals surface area contributed by atoms with Gasteiger partial charge in [0.25, 0.3) is 0 Å². The highest BCUT2D eigenvalue weighted by Gasteiger charge is 2.24. The van der Waals surface area contributed by atoms with E-state index < -0.39 is 0 Å². The molecule has 0 amide bonds. The molecule has 0 spiro atoms. The molecule has 3 aromatic heterocycles. The maximum atomic E-state index is 5.56. The maximum absolute atomic E-state index is 5.56. The number of likely N-dealkylation sites (N-methyl/N-ethyl adjacent to an activating group) is 1. The maximum Gasteiger partial charge on any atom is 0.197 e. The summed E-state index contributed by atoms with van der Waals surface area (Å²) in [7, 11) is 6.01. The lowest BCUT2D eigenvalue weighted by atomic mass is 9.85. The van der Waals surface area contributed by atoms with Crippen LogP contribution in [0.4, 0.5) is 0 Å². The van der Waals surface area contributed by atoms with Crippen LogP contribution < -0.4 is 4.74 Å². The van der Waals surface area contributed by atoms with Crippen molar-refractivity contribution in [2.75, 3.05) is 21.2 Å². The van der Waals surface area contributed by atoms with E-state index in [1.165, 1.54) is 35.0 Å². The van der Waals surface area contributed by atoms with Gasteiger partial charge in [-0.15, -0.1) is 0 Å². The van der Waals surface area contributed by atoms with Crippen molar-refractivity contribution in [3.63, 3.8) is 0 Å². The van der Waals surface area contributed by atoms with Crippen LogP contribution in [0, 0.1) is 0 Å². The lowest BCUT2D eigenvalue weighted by Crippen LogP contribution is -2.33. The fraction of sp³-hybridized carbons (Fsp3) is 0.400. The number of hydrogen-bond acceptors (Lipinski definition) is 5. The van der Waals surface area contributed by atoms with Crippen LogP contribution in [0.2, 0.25) is 0 Å². The summed E-state index contributed by atoms with van der Waals surface area (Å²) in [6.07, 6.45) is 6.93. The Kier molecular flexibility index (Phi) is 5.21. The van der Waals surface area contributed by atoms with Gasteiger partial charge in [0.2, 0.25) is 0 Å². The molecule has 1 aliphatic carbocycles. The normalized spacial score (nSPS) is 16.2. The number of benzene rings is 1. The number of ether oxygens (including phenoxy) is 1. The zero-order valence-electron chi connectivity index (χ0n) is 19.4. The predicted octanol–water partition coefficient (Wildman–Crippen LogP) is 4.34. The van der Waals surface area contributed by atoms with Gasteiger partial charge in [-0.25, -0.2) is 9.50 Å². The summed E-state index contributed by atoms with van der Waals surface area (Å²) >= 11 is 0. The minimum Gasteiger partial charge on any atom is -0.493 e. The van der Waals surface area contributed by atoms with Gasteiger partial charge in [0, 0.05) is 28.9 Å². The van der Waals surface area contributed by atoms with Crippen LogP contribution in [0.3, 0.4) is 0 Å². The van der Waals surface area contributed by atoms with E-state index in [1.54, 1.807) is 11.6 Å². The number of hydrogen-bond donors (Lipinski definition) is 1. The summed E-state index contributed by atoms with van der Waals surface area (Å²) in [5, 5.41) is 12.4. The van der Waals surface area contributed by atoms with E-state index in [0.29, 0.717) is 23.4 Å². The van der Waals surface area contributed by atoms with Gasteiger partial charge in [0.05, 0.1) is 18.5 Å². The molecule has 3 heterocycles. The fourth-order valence-corrected chi connectivity index (χ4v) is 4.86. The standard InChI is InChI=1S/C25H30N6O/c1-15(2)22-23(18-7-6-17-11-20(30(3)4)9-8-16(17)10-18)28-29-24(22)19-12-21(32-5)25-26-14-27-31(25)13-19/h6-7,10,12-15,20H,8-9,11H2,1-5H3,(H,28,29). The number of nitrogens with one attached hydrogen (secondary N) is 1. The molecule has 7 nitrogen and oxygen atoms in total. The molecule has 0 aliphatic heterocycles. The first kappa shape index (κ1) is 20.7. The molecular weight excluding hydrogens is 400 g/mol. The SMILES string of the molecule is COc1cc(-c2n[nH]c(-c3ccc4c(c3)CCC(N(C)C)C4)c2C(C)C)cn2ncnc12. The second-order valence-corrected chi connectivity index (χ2v) is 9.18. The molecule has 166 valence electrons. The molecule has 1 atom stereocenters. The van der Waals surface area contributed by atoms with E-state index in [0.717, 1.165) is 29.8 Å². The van der Waals surface area contributed by atoms with Crippen LogP contribution in [0.25, 0.3) is 28.2 Å². The number of rotatable bonds is 5. The zero-order chi connectivity index (χ0) is 22.4. The van der Waals surface area contributed by atoms with Crippen molar-refractivity contribution in [2.45, 2.75) is 45.1 Å². The summed E-state index contributed by atoms with van der Waals surface area (Å²) in [4.78, 5) is 6.63. The van der Waals surface area contributed by atoms with Gasteiger partial charge < -0.3 is 9.64 Å². The van der Waals surface area contributed by atoms with Crippen LogP contribution in [0.15, 0.2) is 36.8 Å². The van der Waals surface area contributed by atoms with Crippen molar-refractivity contribution in [1.29, 1.82) is 0 Å². The topological polar surface area (TPSA) is 71.3 Å². The summed E-state index contributed by atoms with van der Waals surface area (Å²) in [5.41, 5.74) is 8.99. The monoisotopic (exact) mass is 430 g/mol. The van der Waals surface area contributed by atoms with E-state index in [4.69, 9.17) is 9.84 Å². The first-order chi connectivity index (χ1) is 15.5. The van der Waals surface area contributed by atoms with Gasteiger partial charge in [-0.3, -0.25) is 5.10 Å². The molecule has 0 saturated carbocycles. The van der Waals surface area contributed by atoms with Gasteiger partial charge in [0.1, 0.15) is 6.33 Å². The quantitative estimate of drug-likeness (QED) is 0.510. The average Bonchev–Trinajstić information content (AvgIpc) is 3.44. The largest absolute Gasteiger partial charge is 0.493 e. The van der Waals surface area contributed by atoms with Crippen molar-refractivity contribution >= 4 is 5.65 Å². The van der Waals surface area contributed by atoms with E-state index in [1.807, 2.05) is 12.3 Å². The van der Waals surface area contributed by atoms with Crippen LogP contribution >= 0.6 is 0 Å². The highest BCUT2D eigenvalue weighted by molar-refractivity contribution is 5.77. The van der Waals surface area contributed by atoms with E-state index >= 15 is 0 Å². The minimum absolute atomic E-state index is 0.297. The molecule has 32 heavy (non-hydrogen) atoms. The first-order valence-electron chi connectivity index (χ1n) is 11.2. The Morgan fingerprint density at radius 2 is 2.00 bits per heavy atom. The highest BCUT2D eigenvalue weighted by atomic mass is 16.5. The Morgan fingerprint density at radius 1 is 1.16 bits per heavy atom. The number of aromatic amines is 1. The third-order valence-electron chi connectivity index (χ3n) is 6.64. The fourth-order valence-electron chi connectivity index (χ4n) is 4.86. The van der Waals surface area contributed by atoms with Crippen molar-refractivity contribution in [3.8, 4) is 28.3 Å². The molecular formula is C25H30N6O. The molecule has 1 aliphatic rings. The molecule has 1 aromatic carbocycles. The molecule has 1 unspecified atom stereocenters. The average molecular weight is 431 g/mol.